The van der Waals surface area contributed by atoms with Crippen molar-refractivity contribution < 1.29 is 4.79 Å². The van der Waals surface area contributed by atoms with Gasteiger partial charge in [-0.1, -0.05) is 23.4 Å². The molecule has 1 amide bonds. The molecule has 1 unspecified atom stereocenters. The van der Waals surface area contributed by atoms with Crippen LogP contribution in [0.5, 0.6) is 0 Å². The molecule has 2 aromatic rings. The first-order valence-corrected chi connectivity index (χ1v) is 8.28. The third-order valence-electron chi connectivity index (χ3n) is 3.19. The Hall–Kier alpha value is -2.03. The van der Waals surface area contributed by atoms with Gasteiger partial charge in [-0.3, -0.25) is 4.79 Å². The lowest BCUT2D eigenvalue weighted by Crippen LogP contribution is -2.22. The number of hydrogen-bond donors (Lipinski definition) is 1. The topological polar surface area (TPSA) is 65.8 Å². The van der Waals surface area contributed by atoms with Gasteiger partial charge in [-0.15, -0.1) is 0 Å². The summed E-state index contributed by atoms with van der Waals surface area (Å²) in [4.78, 5) is 16.7. The molecule has 0 aliphatic carbocycles. The highest BCUT2D eigenvalue weighted by Crippen LogP contribution is 2.28. The molecule has 1 heterocycles. The predicted molar refractivity (Wildman–Crippen MR) is 93.8 cm³/mol. The number of nitrogens with one attached hydrogen (secondary N) is 1. The van der Waals surface area contributed by atoms with Crippen molar-refractivity contribution in [1.29, 1.82) is 5.26 Å². The number of carbonyl (C=O) groups is 1. The van der Waals surface area contributed by atoms with Gasteiger partial charge in [0.15, 0.2) is 0 Å². The van der Waals surface area contributed by atoms with Crippen molar-refractivity contribution in [2.24, 2.45) is 0 Å². The average molecular weight is 346 g/mol. The predicted octanol–water partition coefficient (Wildman–Crippen LogP) is 4.34. The fourth-order valence-electron chi connectivity index (χ4n) is 2.02. The van der Waals surface area contributed by atoms with Crippen LogP contribution in [0.4, 0.5) is 5.69 Å². The highest BCUT2D eigenvalue weighted by atomic mass is 35.5. The van der Waals surface area contributed by atoms with Crippen molar-refractivity contribution in [1.82, 2.24) is 4.98 Å². The normalized spacial score (nSPS) is 11.6. The number of nitriles is 1. The number of nitrogens with zero attached hydrogens (tertiary/aromatic N) is 2. The van der Waals surface area contributed by atoms with Crippen LogP contribution in [-0.4, -0.2) is 16.1 Å². The van der Waals surface area contributed by atoms with Crippen LogP contribution in [0.3, 0.4) is 0 Å². The maximum Gasteiger partial charge on any atom is 0.237 e. The Kier molecular flexibility index (Phi) is 5.64. The molecule has 0 aliphatic heterocycles. The van der Waals surface area contributed by atoms with E-state index in [1.54, 1.807) is 31.2 Å². The summed E-state index contributed by atoms with van der Waals surface area (Å²) in [5.74, 6) is -0.151. The molecule has 0 spiro atoms. The zero-order chi connectivity index (χ0) is 17.0. The van der Waals surface area contributed by atoms with Crippen LogP contribution in [0.15, 0.2) is 35.4 Å². The fourth-order valence-corrected chi connectivity index (χ4v) is 3.17. The smallest absolute Gasteiger partial charge is 0.237 e. The lowest BCUT2D eigenvalue weighted by molar-refractivity contribution is -0.115. The summed E-state index contributed by atoms with van der Waals surface area (Å²) in [6.45, 7) is 5.53. The van der Waals surface area contributed by atoms with E-state index in [1.807, 2.05) is 19.9 Å². The first-order chi connectivity index (χ1) is 10.9. The molecule has 1 N–H and O–H groups in total. The van der Waals surface area contributed by atoms with Gasteiger partial charge in [-0.25, -0.2) is 4.98 Å². The molecule has 118 valence electrons. The highest BCUT2D eigenvalue weighted by Gasteiger charge is 2.18. The van der Waals surface area contributed by atoms with E-state index >= 15 is 0 Å². The molecule has 0 radical (unpaired) electrons. The molecule has 0 aliphatic rings. The number of rotatable bonds is 4. The third-order valence-corrected chi connectivity index (χ3v) is 4.53. The number of halogens is 1. The van der Waals surface area contributed by atoms with E-state index in [0.29, 0.717) is 21.3 Å². The summed E-state index contributed by atoms with van der Waals surface area (Å²) in [5.41, 5.74) is 2.90. The van der Waals surface area contributed by atoms with Gasteiger partial charge in [0.2, 0.25) is 5.91 Å². The van der Waals surface area contributed by atoms with Gasteiger partial charge < -0.3 is 5.32 Å². The summed E-state index contributed by atoms with van der Waals surface area (Å²) in [6.07, 6.45) is 0. The summed E-state index contributed by atoms with van der Waals surface area (Å²) in [5, 5.41) is 12.9. The van der Waals surface area contributed by atoms with E-state index in [-0.39, 0.29) is 11.2 Å². The summed E-state index contributed by atoms with van der Waals surface area (Å²) < 4.78 is 0. The molecule has 0 bridgehead atoms. The lowest BCUT2D eigenvalue weighted by atomic mass is 10.1. The molecule has 1 atom stereocenters. The standard InChI is InChI=1S/C17H16ClN3OS/c1-10-8-11(2)20-17(15(10)9-19)23-12(3)16(22)21-14-6-4-13(18)5-7-14/h4-8,12H,1-3H3,(H,21,22). The molecular weight excluding hydrogens is 330 g/mol. The Morgan fingerprint density at radius 1 is 1.35 bits per heavy atom. The second-order valence-corrected chi connectivity index (χ2v) is 6.89. The first-order valence-electron chi connectivity index (χ1n) is 7.02. The molecule has 0 saturated carbocycles. The van der Waals surface area contributed by atoms with E-state index in [4.69, 9.17) is 11.6 Å². The van der Waals surface area contributed by atoms with E-state index in [0.717, 1.165) is 11.3 Å². The Morgan fingerprint density at radius 2 is 2.00 bits per heavy atom. The number of pyridine rings is 1. The molecule has 1 aromatic carbocycles. The minimum atomic E-state index is -0.383. The largest absolute Gasteiger partial charge is 0.325 e. The minimum Gasteiger partial charge on any atom is -0.325 e. The number of hydrogen-bond acceptors (Lipinski definition) is 4. The van der Waals surface area contributed by atoms with Gasteiger partial charge >= 0.3 is 0 Å². The van der Waals surface area contributed by atoms with Crippen molar-refractivity contribution in [3.05, 3.63) is 52.2 Å². The summed E-state index contributed by atoms with van der Waals surface area (Å²) >= 11 is 7.11. The van der Waals surface area contributed by atoms with Crippen molar-refractivity contribution >= 4 is 35.0 Å². The molecule has 2 rings (SSSR count). The second kappa shape index (κ2) is 7.49. The van der Waals surface area contributed by atoms with Gasteiger partial charge in [0, 0.05) is 16.4 Å². The van der Waals surface area contributed by atoms with E-state index in [9.17, 15) is 10.1 Å². The zero-order valence-electron chi connectivity index (χ0n) is 13.1. The molecule has 23 heavy (non-hydrogen) atoms. The Bertz CT molecular complexity index is 769. The van der Waals surface area contributed by atoms with Crippen molar-refractivity contribution in [3.63, 3.8) is 0 Å². The van der Waals surface area contributed by atoms with Gasteiger partial charge in [0.05, 0.1) is 10.8 Å². The molecule has 4 nitrogen and oxygen atoms in total. The number of aryl methyl sites for hydroxylation is 2. The Labute approximate surface area is 144 Å². The minimum absolute atomic E-state index is 0.151. The van der Waals surface area contributed by atoms with E-state index in [1.165, 1.54) is 11.8 Å². The monoisotopic (exact) mass is 345 g/mol. The zero-order valence-corrected chi connectivity index (χ0v) is 14.6. The lowest BCUT2D eigenvalue weighted by Gasteiger charge is -2.13. The molecular formula is C17H16ClN3OS. The van der Waals surface area contributed by atoms with E-state index < -0.39 is 0 Å². The van der Waals surface area contributed by atoms with Gasteiger partial charge in [-0.05, 0) is 56.7 Å². The fraction of sp³-hybridized carbons (Fsp3) is 0.235. The Morgan fingerprint density at radius 3 is 2.61 bits per heavy atom. The highest BCUT2D eigenvalue weighted by molar-refractivity contribution is 8.00. The maximum atomic E-state index is 12.3. The molecule has 0 fully saturated rings. The van der Waals surface area contributed by atoms with Gasteiger partial charge in [-0.2, -0.15) is 5.26 Å². The van der Waals surface area contributed by atoms with Crippen LogP contribution in [0.2, 0.25) is 5.02 Å². The number of anilines is 1. The van der Waals surface area contributed by atoms with Crippen LogP contribution in [0, 0.1) is 25.2 Å². The van der Waals surface area contributed by atoms with E-state index in [2.05, 4.69) is 16.4 Å². The molecule has 1 aromatic heterocycles. The number of carbonyl (C=O) groups excluding carboxylic acids is 1. The average Bonchev–Trinajstić information content (AvgIpc) is 2.49. The number of amides is 1. The summed E-state index contributed by atoms with van der Waals surface area (Å²) in [7, 11) is 0. The molecule has 0 saturated heterocycles. The maximum absolute atomic E-state index is 12.3. The second-order valence-electron chi connectivity index (χ2n) is 5.13. The van der Waals surface area contributed by atoms with Gasteiger partial charge in [0.1, 0.15) is 11.1 Å². The van der Waals surface area contributed by atoms with Crippen molar-refractivity contribution in [2.75, 3.05) is 5.32 Å². The summed E-state index contributed by atoms with van der Waals surface area (Å²) in [6, 6.07) is 10.9. The van der Waals surface area contributed by atoms with Crippen molar-refractivity contribution in [3.8, 4) is 6.07 Å². The van der Waals surface area contributed by atoms with Crippen LogP contribution in [0.1, 0.15) is 23.7 Å². The quantitative estimate of drug-likeness (QED) is 0.837. The first kappa shape index (κ1) is 17.3. The van der Waals surface area contributed by atoms with Crippen molar-refractivity contribution in [2.45, 2.75) is 31.0 Å². The number of thioether (sulfide) groups is 1. The van der Waals surface area contributed by atoms with Crippen LogP contribution in [-0.2, 0) is 4.79 Å². The number of benzene rings is 1. The van der Waals surface area contributed by atoms with Crippen LogP contribution in [0.25, 0.3) is 0 Å². The molecule has 6 heteroatoms. The number of aromatic nitrogens is 1. The third kappa shape index (κ3) is 4.47. The van der Waals surface area contributed by atoms with Gasteiger partial charge in [0.25, 0.3) is 0 Å². The van der Waals surface area contributed by atoms with Crippen LogP contribution >= 0.6 is 23.4 Å². The SMILES string of the molecule is Cc1cc(C)c(C#N)c(SC(C)C(=O)Nc2ccc(Cl)cc2)n1. The Balaban J connectivity index is 2.12. The van der Waals surface area contributed by atoms with Crippen LogP contribution < -0.4 is 5.32 Å².